The zero-order chi connectivity index (χ0) is 10.7. The number of halogens is 2. The highest BCUT2D eigenvalue weighted by Gasteiger charge is 2.20. The van der Waals surface area contributed by atoms with Crippen LogP contribution < -0.4 is 5.32 Å². The van der Waals surface area contributed by atoms with E-state index in [4.69, 9.17) is 0 Å². The molecule has 1 amide bonds. The molecule has 1 N–H and O–H groups in total. The molecule has 1 aromatic rings. The second kappa shape index (κ2) is 7.53. The van der Waals surface area contributed by atoms with Crippen LogP contribution in [-0.2, 0) is 11.3 Å². The molecule has 0 unspecified atom stereocenters. The lowest BCUT2D eigenvalue weighted by atomic mass is 10.2. The first-order chi connectivity index (χ1) is 7.25. The molecule has 1 aliphatic heterocycles. The second-order valence-corrected chi connectivity index (χ2v) is 3.90. The van der Waals surface area contributed by atoms with E-state index in [1.807, 2.05) is 17.2 Å². The zero-order valence-corrected chi connectivity index (χ0v) is 11.3. The smallest absolute Gasteiger partial charge is 0.244 e. The van der Waals surface area contributed by atoms with Crippen molar-refractivity contribution < 1.29 is 4.79 Å². The Balaban J connectivity index is 0.00000128. The van der Waals surface area contributed by atoms with Crippen LogP contribution in [-0.4, -0.2) is 46.3 Å². The molecule has 2 rings (SSSR count). The number of amides is 1. The summed E-state index contributed by atoms with van der Waals surface area (Å²) in [5, 5.41) is 7.33. The summed E-state index contributed by atoms with van der Waals surface area (Å²) in [5.74, 6) is 0.145. The number of nitrogens with one attached hydrogen (secondary N) is 1. The number of nitrogens with zero attached hydrogens (tertiary/aromatic N) is 3. The van der Waals surface area contributed by atoms with Crippen LogP contribution in [0.4, 0.5) is 0 Å². The van der Waals surface area contributed by atoms with Gasteiger partial charge in [-0.1, -0.05) is 0 Å². The summed E-state index contributed by atoms with van der Waals surface area (Å²) in [7, 11) is 0. The molecule has 0 bridgehead atoms. The van der Waals surface area contributed by atoms with E-state index in [1.165, 1.54) is 0 Å². The lowest BCUT2D eigenvalue weighted by Crippen LogP contribution is -2.52. The van der Waals surface area contributed by atoms with Crippen molar-refractivity contribution in [3.05, 3.63) is 18.5 Å². The van der Waals surface area contributed by atoms with Crippen molar-refractivity contribution in [2.75, 3.05) is 19.6 Å². The van der Waals surface area contributed by atoms with Gasteiger partial charge in [0, 0.05) is 38.1 Å². The van der Waals surface area contributed by atoms with Crippen molar-refractivity contribution >= 4 is 30.7 Å². The Morgan fingerprint density at radius 2 is 2.29 bits per heavy atom. The van der Waals surface area contributed by atoms with Gasteiger partial charge in [-0.15, -0.1) is 24.8 Å². The van der Waals surface area contributed by atoms with Crippen LogP contribution >= 0.6 is 24.8 Å². The first-order valence-corrected chi connectivity index (χ1v) is 5.24. The number of hydrogen-bond donors (Lipinski definition) is 1. The molecule has 2 heterocycles. The predicted molar refractivity (Wildman–Crippen MR) is 70.8 cm³/mol. The summed E-state index contributed by atoms with van der Waals surface area (Å²) in [4.78, 5) is 13.7. The van der Waals surface area contributed by atoms with Crippen molar-refractivity contribution in [1.82, 2.24) is 20.0 Å². The SMILES string of the molecule is C[C@@H]1CN(C(=O)Cn2cccn2)CCN1.Cl.Cl. The van der Waals surface area contributed by atoms with E-state index in [9.17, 15) is 4.79 Å². The topological polar surface area (TPSA) is 50.2 Å². The van der Waals surface area contributed by atoms with E-state index in [2.05, 4.69) is 17.3 Å². The lowest BCUT2D eigenvalue weighted by Gasteiger charge is -2.31. The fraction of sp³-hybridized carbons (Fsp3) is 0.600. The largest absolute Gasteiger partial charge is 0.338 e. The molecule has 0 radical (unpaired) electrons. The van der Waals surface area contributed by atoms with Gasteiger partial charge >= 0.3 is 0 Å². The molecule has 0 aliphatic carbocycles. The lowest BCUT2D eigenvalue weighted by molar-refractivity contribution is -0.133. The number of carbonyl (C=O) groups is 1. The summed E-state index contributed by atoms with van der Waals surface area (Å²) >= 11 is 0. The molecule has 1 atom stereocenters. The molecule has 5 nitrogen and oxygen atoms in total. The third-order valence-corrected chi connectivity index (χ3v) is 2.58. The Morgan fingerprint density at radius 1 is 1.53 bits per heavy atom. The average Bonchev–Trinajstić information content (AvgIpc) is 2.70. The van der Waals surface area contributed by atoms with Crippen LogP contribution in [0.1, 0.15) is 6.92 Å². The van der Waals surface area contributed by atoms with Crippen molar-refractivity contribution in [3.63, 3.8) is 0 Å². The quantitative estimate of drug-likeness (QED) is 0.861. The van der Waals surface area contributed by atoms with E-state index < -0.39 is 0 Å². The average molecular weight is 281 g/mol. The van der Waals surface area contributed by atoms with Gasteiger partial charge in [0.05, 0.1) is 0 Å². The van der Waals surface area contributed by atoms with Gasteiger partial charge < -0.3 is 10.2 Å². The minimum absolute atomic E-state index is 0. The van der Waals surface area contributed by atoms with Crippen LogP contribution in [0.25, 0.3) is 0 Å². The van der Waals surface area contributed by atoms with Gasteiger partial charge in [-0.25, -0.2) is 0 Å². The number of carbonyl (C=O) groups excluding carboxylic acids is 1. The van der Waals surface area contributed by atoms with Gasteiger partial charge in [-0.2, -0.15) is 5.10 Å². The van der Waals surface area contributed by atoms with Crippen molar-refractivity contribution in [3.8, 4) is 0 Å². The summed E-state index contributed by atoms with van der Waals surface area (Å²) in [6.45, 7) is 4.91. The molecule has 1 aromatic heterocycles. The molecular weight excluding hydrogens is 263 g/mol. The van der Waals surface area contributed by atoms with Crippen LogP contribution in [0.2, 0.25) is 0 Å². The number of hydrogen-bond acceptors (Lipinski definition) is 3. The van der Waals surface area contributed by atoms with Crippen LogP contribution in [0, 0.1) is 0 Å². The van der Waals surface area contributed by atoms with Crippen molar-refractivity contribution in [2.24, 2.45) is 0 Å². The normalized spacial score (nSPS) is 19.1. The van der Waals surface area contributed by atoms with Gasteiger partial charge in [-0.05, 0) is 13.0 Å². The Labute approximate surface area is 113 Å². The standard InChI is InChI=1S/C10H16N4O.2ClH/c1-9-7-13(6-4-11-9)10(15)8-14-5-2-3-12-14;;/h2-3,5,9,11H,4,6-8H2,1H3;2*1H/t9-;;/m1../s1. The molecule has 0 saturated carbocycles. The minimum atomic E-state index is 0. The molecule has 17 heavy (non-hydrogen) atoms. The molecule has 0 aromatic carbocycles. The van der Waals surface area contributed by atoms with E-state index in [0.29, 0.717) is 12.6 Å². The monoisotopic (exact) mass is 280 g/mol. The number of piperazine rings is 1. The molecular formula is C10H18Cl2N4O. The Kier molecular flexibility index (Phi) is 7.18. The second-order valence-electron chi connectivity index (χ2n) is 3.90. The highest BCUT2D eigenvalue weighted by molar-refractivity contribution is 5.85. The fourth-order valence-electron chi connectivity index (χ4n) is 1.79. The van der Waals surface area contributed by atoms with Crippen molar-refractivity contribution in [2.45, 2.75) is 19.5 Å². The zero-order valence-electron chi connectivity index (χ0n) is 9.70. The molecule has 0 spiro atoms. The van der Waals surface area contributed by atoms with Crippen LogP contribution in [0.15, 0.2) is 18.5 Å². The van der Waals surface area contributed by atoms with Gasteiger partial charge in [-0.3, -0.25) is 9.48 Å². The van der Waals surface area contributed by atoms with E-state index >= 15 is 0 Å². The third-order valence-electron chi connectivity index (χ3n) is 2.58. The maximum absolute atomic E-state index is 11.8. The highest BCUT2D eigenvalue weighted by Crippen LogP contribution is 2.00. The van der Waals surface area contributed by atoms with Crippen LogP contribution in [0.3, 0.4) is 0 Å². The molecule has 1 aliphatic rings. The maximum atomic E-state index is 11.8. The summed E-state index contributed by atoms with van der Waals surface area (Å²) in [6.07, 6.45) is 3.50. The van der Waals surface area contributed by atoms with Gasteiger partial charge in [0.2, 0.25) is 5.91 Å². The van der Waals surface area contributed by atoms with E-state index in [1.54, 1.807) is 10.9 Å². The summed E-state index contributed by atoms with van der Waals surface area (Å²) in [5.41, 5.74) is 0. The van der Waals surface area contributed by atoms with Crippen LogP contribution in [0.5, 0.6) is 0 Å². The summed E-state index contributed by atoms with van der Waals surface area (Å²) in [6, 6.07) is 2.22. The predicted octanol–water partition coefficient (Wildman–Crippen LogP) is 0.547. The molecule has 98 valence electrons. The first kappa shape index (κ1) is 16.2. The molecule has 7 heteroatoms. The number of aromatic nitrogens is 2. The van der Waals surface area contributed by atoms with Gasteiger partial charge in [0.1, 0.15) is 6.54 Å². The molecule has 1 fully saturated rings. The van der Waals surface area contributed by atoms with E-state index in [0.717, 1.165) is 19.6 Å². The highest BCUT2D eigenvalue weighted by atomic mass is 35.5. The maximum Gasteiger partial charge on any atom is 0.244 e. The first-order valence-electron chi connectivity index (χ1n) is 5.24. The Morgan fingerprint density at radius 3 is 2.88 bits per heavy atom. The van der Waals surface area contributed by atoms with E-state index in [-0.39, 0.29) is 30.7 Å². The number of rotatable bonds is 2. The van der Waals surface area contributed by atoms with Gasteiger partial charge in [0.15, 0.2) is 0 Å². The third kappa shape index (κ3) is 4.53. The Hall–Kier alpha value is -0.780. The van der Waals surface area contributed by atoms with Gasteiger partial charge in [0.25, 0.3) is 0 Å². The minimum Gasteiger partial charge on any atom is -0.338 e. The Bertz CT molecular complexity index is 331. The molecule has 1 saturated heterocycles. The summed E-state index contributed by atoms with van der Waals surface area (Å²) < 4.78 is 1.66. The fourth-order valence-corrected chi connectivity index (χ4v) is 1.79. The van der Waals surface area contributed by atoms with Crippen molar-refractivity contribution in [1.29, 1.82) is 0 Å².